The molecule has 14 amide bonds. The highest BCUT2D eigenvalue weighted by Crippen LogP contribution is 2.20. The molecule has 0 aromatic heterocycles. The third kappa shape index (κ3) is 28.2. The second-order valence-electron chi connectivity index (χ2n) is 22.8. The minimum absolute atomic E-state index is 0.0280. The van der Waals surface area contributed by atoms with Gasteiger partial charge in [0.05, 0.1) is 32.7 Å². The van der Waals surface area contributed by atoms with Crippen molar-refractivity contribution in [3.05, 3.63) is 59.7 Å². The van der Waals surface area contributed by atoms with Crippen LogP contribution in [0.1, 0.15) is 90.2 Å². The molecule has 3 rings (SSSR count). The maximum Gasteiger partial charge on any atom is 0.303 e. The van der Waals surface area contributed by atoms with Gasteiger partial charge in [0.2, 0.25) is 82.7 Å². The molecule has 1 heterocycles. The summed E-state index contributed by atoms with van der Waals surface area (Å²) in [5, 5.41) is 74.8. The normalized spacial score (nSPS) is 15.3. The Kier molecular flexibility index (Phi) is 32.9. The Balaban J connectivity index is 1.72. The highest BCUT2D eigenvalue weighted by Gasteiger charge is 2.39. The number of guanidine groups is 1. The summed E-state index contributed by atoms with van der Waals surface area (Å²) >= 11 is 0. The number of carbonyl (C=O) groups is 15. The number of aliphatic carboxylic acids is 1. The molecule has 0 spiro atoms. The number of likely N-dealkylation sites (tertiary alicyclic amines) is 1. The number of aliphatic hydroxyl groups excluding tert-OH is 2. The summed E-state index contributed by atoms with van der Waals surface area (Å²) in [6, 6.07) is -3.94. The predicted octanol–water partition coefficient (Wildman–Crippen LogP) is -8.18. The summed E-state index contributed by atoms with van der Waals surface area (Å²) in [5.74, 6) is -15.8. The molecule has 37 nitrogen and oxygen atoms in total. The Morgan fingerprint density at radius 3 is 1.53 bits per heavy atom. The maximum absolute atomic E-state index is 14.1. The number of carboxylic acids is 1. The number of amides is 14. The number of hydrogen-bond acceptors (Lipinski definition) is 20. The van der Waals surface area contributed by atoms with E-state index in [2.05, 4.69) is 63.5 Å². The van der Waals surface area contributed by atoms with Crippen molar-refractivity contribution in [3.63, 3.8) is 0 Å². The topological polar surface area (TPSA) is 609 Å². The molecule has 96 heavy (non-hydrogen) atoms. The van der Waals surface area contributed by atoms with E-state index in [9.17, 15) is 97.5 Å². The van der Waals surface area contributed by atoms with E-state index in [0.717, 1.165) is 4.90 Å². The molecule has 37 heteroatoms. The lowest BCUT2D eigenvalue weighted by Gasteiger charge is -2.29. The van der Waals surface area contributed by atoms with E-state index < -0.39 is 195 Å². The van der Waals surface area contributed by atoms with Gasteiger partial charge in [0, 0.05) is 39.3 Å². The number of phenols is 2. The molecule has 2 aromatic rings. The van der Waals surface area contributed by atoms with Gasteiger partial charge >= 0.3 is 5.97 Å². The van der Waals surface area contributed by atoms with Crippen molar-refractivity contribution in [2.24, 2.45) is 33.8 Å². The van der Waals surface area contributed by atoms with Gasteiger partial charge in [0.1, 0.15) is 71.9 Å². The van der Waals surface area contributed by atoms with Crippen molar-refractivity contribution in [3.8, 4) is 11.5 Å². The molecule has 0 saturated carbocycles. The van der Waals surface area contributed by atoms with Crippen LogP contribution in [0.3, 0.4) is 0 Å². The molecule has 528 valence electrons. The lowest BCUT2D eigenvalue weighted by atomic mass is 10.0. The first-order valence-electron chi connectivity index (χ1n) is 30.4. The Morgan fingerprint density at radius 1 is 0.552 bits per heavy atom. The smallest absolute Gasteiger partial charge is 0.303 e. The van der Waals surface area contributed by atoms with Gasteiger partial charge in [-0.1, -0.05) is 38.1 Å². The van der Waals surface area contributed by atoms with E-state index in [1.54, 1.807) is 0 Å². The van der Waals surface area contributed by atoms with Crippen molar-refractivity contribution in [2.75, 3.05) is 39.4 Å². The summed E-state index contributed by atoms with van der Waals surface area (Å²) in [7, 11) is 0. The van der Waals surface area contributed by atoms with E-state index in [0.29, 0.717) is 11.1 Å². The number of aromatic hydroxyl groups is 2. The van der Waals surface area contributed by atoms with Gasteiger partial charge in [0.25, 0.3) is 0 Å². The first-order chi connectivity index (χ1) is 45.2. The fourth-order valence-corrected chi connectivity index (χ4v) is 9.55. The predicted molar refractivity (Wildman–Crippen MR) is 337 cm³/mol. The first-order valence-corrected chi connectivity index (χ1v) is 30.4. The van der Waals surface area contributed by atoms with Gasteiger partial charge in [-0.2, -0.15) is 0 Å². The number of primary amides is 2. The number of aliphatic hydroxyl groups is 2. The third-order valence-corrected chi connectivity index (χ3v) is 14.4. The number of carbonyl (C=O) groups excluding carboxylic acids is 14. The zero-order valence-corrected chi connectivity index (χ0v) is 53.3. The number of phenolic OH excluding ortho intramolecular Hbond substituents is 2. The molecule has 24 N–H and O–H groups in total. The zero-order valence-electron chi connectivity index (χ0n) is 53.3. The second-order valence-corrected chi connectivity index (χ2v) is 22.8. The van der Waals surface area contributed by atoms with E-state index in [1.165, 1.54) is 62.4 Å². The molecule has 2 aromatic carbocycles. The van der Waals surface area contributed by atoms with Crippen LogP contribution in [-0.4, -0.2) is 225 Å². The van der Waals surface area contributed by atoms with Crippen LogP contribution in [-0.2, 0) is 84.8 Å². The Hall–Kier alpha value is -10.7. The van der Waals surface area contributed by atoms with Gasteiger partial charge < -0.3 is 112 Å². The van der Waals surface area contributed by atoms with Gasteiger partial charge in [-0.15, -0.1) is 0 Å². The largest absolute Gasteiger partial charge is 0.508 e. The highest BCUT2D eigenvalue weighted by molar-refractivity contribution is 6.00. The van der Waals surface area contributed by atoms with Gasteiger partial charge in [-0.05, 0) is 86.8 Å². The monoisotopic (exact) mass is 1350 g/mol. The van der Waals surface area contributed by atoms with Crippen LogP contribution in [0.5, 0.6) is 11.5 Å². The molecule has 1 aliphatic rings. The molecule has 0 unspecified atom stereocenters. The number of rotatable bonds is 40. The Labute approximate surface area is 550 Å². The Morgan fingerprint density at radius 2 is 1.02 bits per heavy atom. The molecule has 10 atom stereocenters. The molecular formula is C59H87N17O20. The van der Waals surface area contributed by atoms with E-state index in [4.69, 9.17) is 22.9 Å². The summed E-state index contributed by atoms with van der Waals surface area (Å²) in [4.78, 5) is 202. The molecule has 0 aliphatic carbocycles. The number of nitrogens with two attached hydrogens (primary N) is 4. The fourth-order valence-electron chi connectivity index (χ4n) is 9.55. The summed E-state index contributed by atoms with van der Waals surface area (Å²) in [5.41, 5.74) is 22.5. The zero-order chi connectivity index (χ0) is 71.9. The highest BCUT2D eigenvalue weighted by atomic mass is 16.4. The maximum atomic E-state index is 14.1. The summed E-state index contributed by atoms with van der Waals surface area (Å²) < 4.78 is 0. The number of nitrogens with one attached hydrogen (secondary N) is 11. The van der Waals surface area contributed by atoms with Crippen molar-refractivity contribution in [1.82, 2.24) is 63.4 Å². The fraction of sp³-hybridized carbons (Fsp3) is 0.525. The van der Waals surface area contributed by atoms with Crippen molar-refractivity contribution < 1.29 is 97.5 Å². The third-order valence-electron chi connectivity index (χ3n) is 14.4. The molecular weight excluding hydrogens is 1270 g/mol. The van der Waals surface area contributed by atoms with Crippen LogP contribution in [0, 0.1) is 5.92 Å². The average molecular weight is 1350 g/mol. The Bertz CT molecular complexity index is 3130. The molecule has 0 radical (unpaired) electrons. The number of carboxylic acid groups (broad SMARTS) is 1. The van der Waals surface area contributed by atoms with Crippen molar-refractivity contribution >= 4 is 94.6 Å². The standard InChI is InChI=1S/C59H87N17O20/c1-29(2)21-38(68-31(4)79)54(92)73-40(23-33-11-15-35(81)16-12-33)56(94)71-36(7-5-19-64-59(62)63)52(90)67-30(3)50(88)72-41(24-45(60)82)51(89)65-25-46(83)69-37(17-18-48(85)86)53(91)75-43(28-78)58(96)76-20-6-8-44(76)57(95)66-26-47(84)70-39(22-32-9-13-34(80)14-10-32)55(93)74-42(27-77)49(61)87/h9-16,29-30,36-44,77-78,80-81H,5-8,17-28H2,1-4H3,(H2,60,82)(H2,61,87)(H,65,89)(H,66,95)(H,67,90)(H,68,79)(H,69,83)(H,70,84)(H,71,94)(H,72,88)(H,73,92)(H,74,93)(H,75,91)(H,85,86)(H4,62,63,64)/t30-,36-,37-,38-,39-,40-,41-,42-,43-,44-/m0/s1. The average Bonchev–Trinajstić information content (AvgIpc) is 1.64. The van der Waals surface area contributed by atoms with Crippen molar-refractivity contribution in [1.29, 1.82) is 0 Å². The van der Waals surface area contributed by atoms with Crippen molar-refractivity contribution in [2.45, 2.75) is 152 Å². The van der Waals surface area contributed by atoms with Gasteiger partial charge in [0.15, 0.2) is 5.96 Å². The van der Waals surface area contributed by atoms with Crippen LogP contribution in [0.2, 0.25) is 0 Å². The number of hydrogen-bond donors (Lipinski definition) is 20. The quantitative estimate of drug-likeness (QED) is 0.0167. The molecule has 0 bridgehead atoms. The van der Waals surface area contributed by atoms with Crippen LogP contribution in [0.25, 0.3) is 0 Å². The minimum atomic E-state index is -1.83. The van der Waals surface area contributed by atoms with Crippen LogP contribution in [0.4, 0.5) is 0 Å². The number of aliphatic imine (C=N–C) groups is 1. The second kappa shape index (κ2) is 39.7. The first kappa shape index (κ1) is 79.5. The van der Waals surface area contributed by atoms with E-state index in [-0.39, 0.29) is 81.4 Å². The lowest BCUT2D eigenvalue weighted by molar-refractivity contribution is -0.143. The molecule has 1 saturated heterocycles. The number of nitrogens with zero attached hydrogens (tertiary/aromatic N) is 2. The molecule has 1 aliphatic heterocycles. The van der Waals surface area contributed by atoms with Gasteiger partial charge in [-0.25, -0.2) is 0 Å². The van der Waals surface area contributed by atoms with Crippen LogP contribution < -0.4 is 81.4 Å². The van der Waals surface area contributed by atoms with E-state index in [1.807, 2.05) is 13.8 Å². The van der Waals surface area contributed by atoms with Crippen LogP contribution in [0.15, 0.2) is 53.5 Å². The number of benzene rings is 2. The van der Waals surface area contributed by atoms with Crippen LogP contribution >= 0.6 is 0 Å². The minimum Gasteiger partial charge on any atom is -0.508 e. The summed E-state index contributed by atoms with van der Waals surface area (Å²) in [6.07, 6.45) is -2.31. The molecule has 1 fully saturated rings. The SMILES string of the molecule is CC(=O)N[C@@H](CC(C)C)C(=O)N[C@@H](Cc1ccc(O)cc1)C(=O)N[C@@H](CCCN=C(N)N)C(=O)N[C@@H](C)C(=O)N[C@@H](CC(N)=O)C(=O)NCC(=O)N[C@@H](CCC(=O)O)C(=O)N[C@@H](CO)C(=O)N1CCC[C@H]1C(=O)NCC(=O)N[C@@H](Cc1ccc(O)cc1)C(=O)N[C@@H](CO)C(N)=O. The lowest BCUT2D eigenvalue weighted by Crippen LogP contribution is -2.59. The van der Waals surface area contributed by atoms with E-state index >= 15 is 0 Å². The van der Waals surface area contributed by atoms with Gasteiger partial charge in [-0.3, -0.25) is 76.9 Å². The summed E-state index contributed by atoms with van der Waals surface area (Å²) in [6.45, 7) is 2.14.